The molecule has 480 valence electrons. The number of rotatable bonds is 29. The molecule has 0 aliphatic carbocycles. The lowest BCUT2D eigenvalue weighted by Gasteiger charge is -2.29. The zero-order valence-corrected chi connectivity index (χ0v) is 50.7. The third-order valence-electron chi connectivity index (χ3n) is 13.9. The smallest absolute Gasteiger partial charge is 0.245 e. The molecule has 1 aliphatic rings. The molecule has 0 saturated carbocycles. The number of benzene rings is 1. The van der Waals surface area contributed by atoms with E-state index < -0.39 is 139 Å². The van der Waals surface area contributed by atoms with Crippen LogP contribution in [0.2, 0.25) is 0 Å². The van der Waals surface area contributed by atoms with Crippen molar-refractivity contribution in [3.05, 3.63) is 35.9 Å². The van der Waals surface area contributed by atoms with Crippen LogP contribution in [0.4, 0.5) is 0 Å². The van der Waals surface area contributed by atoms with Crippen molar-refractivity contribution in [1.82, 2.24) is 58.5 Å². The Morgan fingerprint density at radius 3 is 1.49 bits per heavy atom. The van der Waals surface area contributed by atoms with E-state index in [9.17, 15) is 57.8 Å². The zero-order valence-electron chi connectivity index (χ0n) is 50.7. The van der Waals surface area contributed by atoms with E-state index in [0.717, 1.165) is 12.8 Å². The van der Waals surface area contributed by atoms with Crippen molar-refractivity contribution >= 4 is 65.0 Å². The summed E-state index contributed by atoms with van der Waals surface area (Å²) in [6.45, 7) is 11.6. The molecule has 1 fully saturated rings. The van der Waals surface area contributed by atoms with Gasteiger partial charge in [0.1, 0.15) is 60.4 Å². The van der Waals surface area contributed by atoms with E-state index in [1.54, 1.807) is 44.2 Å². The summed E-state index contributed by atoms with van der Waals surface area (Å²) < 4.78 is 0. The minimum absolute atomic E-state index is 0.0402. The summed E-state index contributed by atoms with van der Waals surface area (Å²) >= 11 is 0. The van der Waals surface area contributed by atoms with Gasteiger partial charge in [0.15, 0.2) is 0 Å². The molecule has 1 aromatic carbocycles. The first-order valence-electron chi connectivity index (χ1n) is 29.8. The van der Waals surface area contributed by atoms with Gasteiger partial charge in [-0.3, -0.25) is 52.7 Å². The van der Waals surface area contributed by atoms with Crippen molar-refractivity contribution in [3.8, 4) is 0 Å². The van der Waals surface area contributed by atoms with Gasteiger partial charge < -0.3 is 92.3 Å². The molecule has 2 rings (SSSR count). The lowest BCUT2D eigenvalue weighted by atomic mass is 10.00. The standard InChI is InChI=1S/C57H100N16O12/c1-32(2)13-11-12-16-46(75)64-37(17-23-58)48(76)70-43(29-33(3)4)54(82)68-39(19-25-60)50(78)69-42-22-28-63-57(85)47(35(7)74)73-53(81)41(21-27-62)66-49(77)38(18-24-59)67-55(83)44(30-34(5)6)71-56(84)45(31-36-14-9-8-10-15-36)72-51(79)40(20-26-61)65-52(42)80/h8-10,14-15,32-35,37-45,47,74H,11-13,16-31,58-62H2,1-7H3,(H,63,85)(H,64,75)(H,65,80)(H,66,77)(H,67,83)(H,68,82)(H,69,78)(H,70,76)(H,71,84)(H,72,79)(H,73,81)/t35-,37+,38+,39+,40+,41+,42+,43+,44+,45-,47+/m1/s1. The normalized spacial score (nSPS) is 22.3. The third kappa shape index (κ3) is 27.8. The summed E-state index contributed by atoms with van der Waals surface area (Å²) in [5.74, 6) is -8.91. The molecule has 1 aliphatic heterocycles. The highest BCUT2D eigenvalue weighted by Gasteiger charge is 2.37. The molecule has 0 spiro atoms. The molecule has 1 heterocycles. The van der Waals surface area contributed by atoms with Crippen LogP contribution in [0, 0.1) is 17.8 Å². The van der Waals surface area contributed by atoms with E-state index in [1.165, 1.54) is 6.92 Å². The molecular formula is C57H100N16O12. The minimum atomic E-state index is -1.67. The zero-order chi connectivity index (χ0) is 63.8. The van der Waals surface area contributed by atoms with Gasteiger partial charge in [-0.05, 0) is 121 Å². The molecule has 22 N–H and O–H groups in total. The van der Waals surface area contributed by atoms with Crippen LogP contribution in [0.3, 0.4) is 0 Å². The van der Waals surface area contributed by atoms with E-state index >= 15 is 0 Å². The van der Waals surface area contributed by atoms with Crippen LogP contribution >= 0.6 is 0 Å². The van der Waals surface area contributed by atoms with Crippen LogP contribution in [0.5, 0.6) is 0 Å². The van der Waals surface area contributed by atoms with Gasteiger partial charge in [-0.1, -0.05) is 84.7 Å². The number of hydrogen-bond acceptors (Lipinski definition) is 17. The lowest BCUT2D eigenvalue weighted by Crippen LogP contribution is -2.61. The fourth-order valence-electron chi connectivity index (χ4n) is 9.30. The molecule has 28 nitrogen and oxygen atoms in total. The summed E-state index contributed by atoms with van der Waals surface area (Å²) in [6.07, 6.45) is 0.0194. The van der Waals surface area contributed by atoms with Gasteiger partial charge in [0.25, 0.3) is 0 Å². The molecule has 11 amide bonds. The summed E-state index contributed by atoms with van der Waals surface area (Å²) in [5, 5.41) is 39.7. The number of amides is 11. The van der Waals surface area contributed by atoms with Gasteiger partial charge >= 0.3 is 0 Å². The van der Waals surface area contributed by atoms with Crippen molar-refractivity contribution < 1.29 is 57.8 Å². The number of nitrogens with two attached hydrogens (primary N) is 5. The van der Waals surface area contributed by atoms with Crippen molar-refractivity contribution in [1.29, 1.82) is 0 Å². The molecule has 11 atom stereocenters. The largest absolute Gasteiger partial charge is 0.391 e. The number of hydrogen-bond donors (Lipinski definition) is 17. The van der Waals surface area contributed by atoms with Gasteiger partial charge in [-0.25, -0.2) is 0 Å². The Labute approximate surface area is 499 Å². The third-order valence-corrected chi connectivity index (χ3v) is 13.9. The molecule has 1 aromatic rings. The van der Waals surface area contributed by atoms with Crippen molar-refractivity contribution in [2.24, 2.45) is 46.4 Å². The van der Waals surface area contributed by atoms with Crippen LogP contribution in [-0.2, 0) is 59.2 Å². The van der Waals surface area contributed by atoms with Crippen LogP contribution in [0.15, 0.2) is 30.3 Å². The number of nitrogens with one attached hydrogen (secondary N) is 11. The second-order valence-corrected chi connectivity index (χ2v) is 22.9. The van der Waals surface area contributed by atoms with Crippen molar-refractivity contribution in [2.45, 2.75) is 198 Å². The van der Waals surface area contributed by atoms with Crippen LogP contribution in [0.25, 0.3) is 0 Å². The van der Waals surface area contributed by atoms with Gasteiger partial charge in [-0.15, -0.1) is 0 Å². The number of unbranched alkanes of at least 4 members (excludes halogenated alkanes) is 1. The van der Waals surface area contributed by atoms with Crippen LogP contribution < -0.4 is 87.2 Å². The Hall–Kier alpha value is -6.85. The van der Waals surface area contributed by atoms with E-state index in [-0.39, 0.29) is 108 Å². The molecule has 28 heteroatoms. The average molecular weight is 1200 g/mol. The van der Waals surface area contributed by atoms with Crippen molar-refractivity contribution in [3.63, 3.8) is 0 Å². The molecule has 1 saturated heterocycles. The molecule has 0 bridgehead atoms. The maximum atomic E-state index is 14.6. The number of carbonyl (C=O) groups is 11. The number of aliphatic hydroxyl groups excluding tert-OH is 1. The molecule has 0 unspecified atom stereocenters. The predicted molar refractivity (Wildman–Crippen MR) is 319 cm³/mol. The van der Waals surface area contributed by atoms with E-state index in [4.69, 9.17) is 28.7 Å². The lowest BCUT2D eigenvalue weighted by molar-refractivity contribution is -0.136. The minimum Gasteiger partial charge on any atom is -0.391 e. The molecule has 85 heavy (non-hydrogen) atoms. The molecular weight excluding hydrogens is 1100 g/mol. The second-order valence-electron chi connectivity index (χ2n) is 22.9. The highest BCUT2D eigenvalue weighted by atomic mass is 16.3. The second kappa shape index (κ2) is 39.7. The first-order chi connectivity index (χ1) is 40.3. The van der Waals surface area contributed by atoms with E-state index in [0.29, 0.717) is 17.9 Å². The number of aliphatic hydroxyl groups is 1. The summed E-state index contributed by atoms with van der Waals surface area (Å²) in [6, 6.07) is -5.32. The summed E-state index contributed by atoms with van der Waals surface area (Å²) in [5.41, 5.74) is 30.1. The molecule has 0 aromatic heterocycles. The highest BCUT2D eigenvalue weighted by molar-refractivity contribution is 5.99. The van der Waals surface area contributed by atoms with Gasteiger partial charge in [0, 0.05) is 19.4 Å². The van der Waals surface area contributed by atoms with Crippen LogP contribution in [-0.4, -0.2) is 176 Å². The Morgan fingerprint density at radius 2 is 0.988 bits per heavy atom. The number of carbonyl (C=O) groups excluding carboxylic acids is 11. The van der Waals surface area contributed by atoms with Crippen molar-refractivity contribution in [2.75, 3.05) is 39.3 Å². The fourth-order valence-corrected chi connectivity index (χ4v) is 9.30. The summed E-state index contributed by atoms with van der Waals surface area (Å²) in [7, 11) is 0. The van der Waals surface area contributed by atoms with Crippen LogP contribution in [0.1, 0.15) is 131 Å². The first-order valence-corrected chi connectivity index (χ1v) is 29.8. The quantitative estimate of drug-likeness (QED) is 0.0340. The summed E-state index contributed by atoms with van der Waals surface area (Å²) in [4.78, 5) is 154. The van der Waals surface area contributed by atoms with Gasteiger partial charge in [0.05, 0.1) is 6.10 Å². The Morgan fingerprint density at radius 1 is 0.518 bits per heavy atom. The first kappa shape index (κ1) is 74.3. The molecule has 0 radical (unpaired) electrons. The van der Waals surface area contributed by atoms with Gasteiger partial charge in [0.2, 0.25) is 65.0 Å². The average Bonchev–Trinajstić information content (AvgIpc) is 3.65. The Kier molecular flexibility index (Phi) is 34.7. The SMILES string of the molecule is CC(C)CCCCC(=O)N[C@@H](CCN)C(=O)N[C@@H](CC(C)C)C(=O)N[C@@H](CCN)C(=O)N[C@H]1CCNC(=O)[C@H]([C@@H](C)O)NC(=O)[C@H](CCN)NC(=O)[C@H](CCN)NC(=O)[C@H](CC(C)C)NC(=O)[C@@H](Cc2ccccc2)NC(=O)[C@H](CCN)NC1=O. The maximum Gasteiger partial charge on any atom is 0.245 e. The fraction of sp³-hybridized carbons (Fsp3) is 0.702. The monoisotopic (exact) mass is 1200 g/mol. The highest BCUT2D eigenvalue weighted by Crippen LogP contribution is 2.13. The van der Waals surface area contributed by atoms with E-state index in [1.807, 2.05) is 13.8 Å². The Bertz CT molecular complexity index is 2310. The predicted octanol–water partition coefficient (Wildman–Crippen LogP) is -3.97. The van der Waals surface area contributed by atoms with Gasteiger partial charge in [-0.2, -0.15) is 0 Å². The Balaban J connectivity index is 2.70. The topological polar surface area (TPSA) is 470 Å². The van der Waals surface area contributed by atoms with E-state index in [2.05, 4.69) is 72.3 Å². The maximum absolute atomic E-state index is 14.6.